The number of nitrogens with zero attached hydrogens (tertiary/aromatic N) is 3. The molecule has 5 heteroatoms. The van der Waals surface area contributed by atoms with Gasteiger partial charge in [-0.15, -0.1) is 0 Å². The molecule has 0 aliphatic rings. The van der Waals surface area contributed by atoms with E-state index in [0.717, 1.165) is 28.1 Å². The van der Waals surface area contributed by atoms with Gasteiger partial charge in [0.15, 0.2) is 5.82 Å². The van der Waals surface area contributed by atoms with Crippen molar-refractivity contribution in [3.05, 3.63) is 30.0 Å². The van der Waals surface area contributed by atoms with E-state index in [2.05, 4.69) is 41.6 Å². The van der Waals surface area contributed by atoms with Gasteiger partial charge in [0.1, 0.15) is 5.82 Å². The Kier molecular flexibility index (Phi) is 2.61. The number of nitrogens with one attached hydrogen (secondary N) is 1. The van der Waals surface area contributed by atoms with Crippen molar-refractivity contribution in [3.8, 4) is 11.4 Å². The molecule has 2 heterocycles. The highest BCUT2D eigenvalue weighted by molar-refractivity contribution is 5.83. The van der Waals surface area contributed by atoms with Gasteiger partial charge in [-0.2, -0.15) is 5.10 Å². The van der Waals surface area contributed by atoms with Crippen molar-refractivity contribution in [1.82, 2.24) is 19.7 Å². The fourth-order valence-corrected chi connectivity index (χ4v) is 2.49. The lowest BCUT2D eigenvalue weighted by molar-refractivity contribution is 0.567. The van der Waals surface area contributed by atoms with Gasteiger partial charge in [-0.05, 0) is 12.1 Å². The second kappa shape index (κ2) is 4.10. The minimum atomic E-state index is -0.0713. The lowest BCUT2D eigenvalue weighted by Gasteiger charge is -2.18. The molecule has 3 N–H and O–H groups in total. The maximum Gasteiger partial charge on any atom is 0.156 e. The van der Waals surface area contributed by atoms with E-state index in [1.165, 1.54) is 0 Å². The first kappa shape index (κ1) is 12.7. The average Bonchev–Trinajstić information content (AvgIpc) is 2.91. The number of aromatic nitrogens is 4. The number of nitrogen functional groups attached to an aromatic ring is 1. The Bertz CT molecular complexity index is 773. The molecule has 3 rings (SSSR count). The smallest absolute Gasteiger partial charge is 0.156 e. The molecule has 0 spiro atoms. The molecule has 0 fully saturated rings. The minimum Gasteiger partial charge on any atom is -0.382 e. The second-order valence-electron chi connectivity index (χ2n) is 6.09. The number of imidazole rings is 1. The highest BCUT2D eigenvalue weighted by Gasteiger charge is 2.26. The number of aryl methyl sites for hydroxylation is 1. The second-order valence-corrected chi connectivity index (χ2v) is 6.09. The minimum absolute atomic E-state index is 0.0713. The summed E-state index contributed by atoms with van der Waals surface area (Å²) in [5.74, 6) is 1.34. The number of para-hydroxylation sites is 2. The van der Waals surface area contributed by atoms with E-state index in [-0.39, 0.29) is 5.41 Å². The largest absolute Gasteiger partial charge is 0.382 e. The standard InChI is InChI=1S/C15H19N5/c1-15(2,3)12-11(13(16)19-18-12)14-17-9-7-5-6-8-10(9)20(14)4/h5-8H,1-4H3,(H3,16,18,19). The van der Waals surface area contributed by atoms with E-state index in [0.29, 0.717) is 5.82 Å². The van der Waals surface area contributed by atoms with Crippen LogP contribution in [0.2, 0.25) is 0 Å². The summed E-state index contributed by atoms with van der Waals surface area (Å²) in [7, 11) is 2.00. The number of H-pyrrole nitrogens is 1. The number of benzene rings is 1. The van der Waals surface area contributed by atoms with Crippen LogP contribution < -0.4 is 5.73 Å². The van der Waals surface area contributed by atoms with E-state index in [4.69, 9.17) is 10.7 Å². The van der Waals surface area contributed by atoms with Gasteiger partial charge in [0.2, 0.25) is 0 Å². The van der Waals surface area contributed by atoms with E-state index < -0.39 is 0 Å². The van der Waals surface area contributed by atoms with E-state index in [9.17, 15) is 0 Å². The average molecular weight is 269 g/mol. The summed E-state index contributed by atoms with van der Waals surface area (Å²) in [5.41, 5.74) is 9.95. The molecule has 0 bridgehead atoms. The predicted octanol–water partition coefficient (Wildman–Crippen LogP) is 2.84. The number of rotatable bonds is 1. The van der Waals surface area contributed by atoms with Crippen molar-refractivity contribution in [2.24, 2.45) is 7.05 Å². The van der Waals surface area contributed by atoms with Gasteiger partial charge in [0.25, 0.3) is 0 Å². The van der Waals surface area contributed by atoms with Gasteiger partial charge in [-0.1, -0.05) is 32.9 Å². The summed E-state index contributed by atoms with van der Waals surface area (Å²) in [6.07, 6.45) is 0. The van der Waals surface area contributed by atoms with Gasteiger partial charge in [-0.3, -0.25) is 5.10 Å². The first-order valence-corrected chi connectivity index (χ1v) is 6.65. The van der Waals surface area contributed by atoms with Gasteiger partial charge in [-0.25, -0.2) is 4.98 Å². The molecule has 20 heavy (non-hydrogen) atoms. The summed E-state index contributed by atoms with van der Waals surface area (Å²) in [4.78, 5) is 4.71. The van der Waals surface area contributed by atoms with Crippen LogP contribution in [-0.2, 0) is 12.5 Å². The Hall–Kier alpha value is -2.30. The number of nitrogens with two attached hydrogens (primary N) is 1. The van der Waals surface area contributed by atoms with Gasteiger partial charge < -0.3 is 10.3 Å². The zero-order chi connectivity index (χ0) is 14.5. The van der Waals surface area contributed by atoms with Crippen LogP contribution in [0.4, 0.5) is 5.82 Å². The number of aromatic amines is 1. The molecule has 1 aromatic carbocycles. The molecule has 104 valence electrons. The number of hydrogen-bond acceptors (Lipinski definition) is 3. The van der Waals surface area contributed by atoms with Crippen molar-refractivity contribution in [3.63, 3.8) is 0 Å². The molecule has 0 aliphatic carbocycles. The Labute approximate surface area is 117 Å². The molecule has 0 radical (unpaired) electrons. The van der Waals surface area contributed by atoms with Crippen LogP contribution in [0.5, 0.6) is 0 Å². The van der Waals surface area contributed by atoms with E-state index in [1.807, 2.05) is 25.2 Å². The maximum atomic E-state index is 6.07. The Morgan fingerprint density at radius 2 is 1.90 bits per heavy atom. The van der Waals surface area contributed by atoms with Crippen LogP contribution in [0, 0.1) is 0 Å². The predicted molar refractivity (Wildman–Crippen MR) is 81.4 cm³/mol. The van der Waals surface area contributed by atoms with E-state index >= 15 is 0 Å². The van der Waals surface area contributed by atoms with Crippen molar-refractivity contribution in [1.29, 1.82) is 0 Å². The van der Waals surface area contributed by atoms with Crippen LogP contribution >= 0.6 is 0 Å². The monoisotopic (exact) mass is 269 g/mol. The van der Waals surface area contributed by atoms with Crippen LogP contribution in [0.25, 0.3) is 22.4 Å². The highest BCUT2D eigenvalue weighted by Crippen LogP contribution is 2.35. The molecule has 0 amide bonds. The maximum absolute atomic E-state index is 6.07. The normalized spacial score (nSPS) is 12.2. The summed E-state index contributed by atoms with van der Waals surface area (Å²) in [5, 5.41) is 7.23. The summed E-state index contributed by atoms with van der Waals surface area (Å²) >= 11 is 0. The molecular weight excluding hydrogens is 250 g/mol. The molecule has 0 saturated carbocycles. The summed E-state index contributed by atoms with van der Waals surface area (Å²) < 4.78 is 2.06. The third-order valence-corrected chi connectivity index (χ3v) is 3.56. The molecule has 5 nitrogen and oxygen atoms in total. The lowest BCUT2D eigenvalue weighted by Crippen LogP contribution is -2.14. The van der Waals surface area contributed by atoms with Crippen LogP contribution in [0.3, 0.4) is 0 Å². The van der Waals surface area contributed by atoms with Gasteiger partial charge >= 0.3 is 0 Å². The molecular formula is C15H19N5. The Morgan fingerprint density at radius 1 is 1.20 bits per heavy atom. The highest BCUT2D eigenvalue weighted by atomic mass is 15.2. The molecule has 3 aromatic rings. The zero-order valence-corrected chi connectivity index (χ0v) is 12.2. The van der Waals surface area contributed by atoms with Gasteiger partial charge in [0, 0.05) is 12.5 Å². The Balaban J connectivity index is 2.32. The van der Waals surface area contributed by atoms with Crippen LogP contribution in [0.1, 0.15) is 26.5 Å². The van der Waals surface area contributed by atoms with Crippen LogP contribution in [0.15, 0.2) is 24.3 Å². The van der Waals surface area contributed by atoms with E-state index in [1.54, 1.807) is 0 Å². The molecule has 0 aliphatic heterocycles. The number of anilines is 1. The molecule has 2 aromatic heterocycles. The molecule has 0 saturated heterocycles. The third kappa shape index (κ3) is 1.78. The fourth-order valence-electron chi connectivity index (χ4n) is 2.49. The first-order chi connectivity index (χ1) is 9.39. The van der Waals surface area contributed by atoms with Crippen molar-refractivity contribution in [2.45, 2.75) is 26.2 Å². The molecule has 0 unspecified atom stereocenters. The van der Waals surface area contributed by atoms with Crippen LogP contribution in [-0.4, -0.2) is 19.7 Å². The fraction of sp³-hybridized carbons (Fsp3) is 0.333. The summed E-state index contributed by atoms with van der Waals surface area (Å²) in [6, 6.07) is 8.06. The number of fused-ring (bicyclic) bond motifs is 1. The quantitative estimate of drug-likeness (QED) is 0.713. The SMILES string of the molecule is Cn1c(-c2c(N)n[nH]c2C(C)(C)C)nc2ccccc21. The third-order valence-electron chi connectivity index (χ3n) is 3.56. The number of hydrogen-bond donors (Lipinski definition) is 2. The topological polar surface area (TPSA) is 72.5 Å². The first-order valence-electron chi connectivity index (χ1n) is 6.65. The van der Waals surface area contributed by atoms with Crippen molar-refractivity contribution in [2.75, 3.05) is 5.73 Å². The Morgan fingerprint density at radius 3 is 2.55 bits per heavy atom. The lowest BCUT2D eigenvalue weighted by atomic mass is 9.89. The van der Waals surface area contributed by atoms with Gasteiger partial charge in [0.05, 0.1) is 22.3 Å². The van der Waals surface area contributed by atoms with Crippen molar-refractivity contribution >= 4 is 16.9 Å². The summed E-state index contributed by atoms with van der Waals surface area (Å²) in [6.45, 7) is 6.39. The zero-order valence-electron chi connectivity index (χ0n) is 12.2. The van der Waals surface area contributed by atoms with Crippen molar-refractivity contribution < 1.29 is 0 Å². The molecule has 0 atom stereocenters.